The maximum Gasteiger partial charge on any atom is 0.197 e. The average molecular weight is 367 g/mol. The Labute approximate surface area is 125 Å². The highest BCUT2D eigenvalue weighted by atomic mass is 127. The van der Waals surface area contributed by atoms with Crippen molar-refractivity contribution in [3.05, 3.63) is 56.7 Å². The molecule has 0 aliphatic rings. The molecule has 0 radical (unpaired) electrons. The van der Waals surface area contributed by atoms with E-state index in [4.69, 9.17) is 10.5 Å². The minimum absolute atomic E-state index is 0.0693. The lowest BCUT2D eigenvalue weighted by atomic mass is 9.98. The molecule has 0 bridgehead atoms. The summed E-state index contributed by atoms with van der Waals surface area (Å²) in [5, 5.41) is 0. The Hall–Kier alpha value is -1.56. The molecule has 4 heteroatoms. The number of nitrogen functional groups attached to an aromatic ring is 1. The maximum absolute atomic E-state index is 12.6. The number of nitrogens with two attached hydrogens (primary N) is 1. The fraction of sp³-hybridized carbons (Fsp3) is 0.133. The molecule has 2 N–H and O–H groups in total. The van der Waals surface area contributed by atoms with E-state index >= 15 is 0 Å². The number of ether oxygens (including phenoxy) is 1. The fourth-order valence-corrected chi connectivity index (χ4v) is 2.38. The molecule has 0 unspecified atom stereocenters. The molecule has 0 spiro atoms. The molecule has 2 rings (SSSR count). The van der Waals surface area contributed by atoms with Gasteiger partial charge in [-0.15, -0.1) is 0 Å². The number of carbonyl (C=O) groups is 1. The molecule has 0 heterocycles. The van der Waals surface area contributed by atoms with Crippen LogP contribution >= 0.6 is 22.6 Å². The minimum Gasteiger partial charge on any atom is -0.496 e. The van der Waals surface area contributed by atoms with Crippen molar-refractivity contribution in [2.24, 2.45) is 0 Å². The molecule has 2 aromatic rings. The summed E-state index contributed by atoms with van der Waals surface area (Å²) in [5.41, 5.74) is 8.41. The highest BCUT2D eigenvalue weighted by molar-refractivity contribution is 14.1. The van der Waals surface area contributed by atoms with Crippen molar-refractivity contribution in [1.82, 2.24) is 0 Å². The smallest absolute Gasteiger partial charge is 0.197 e. The van der Waals surface area contributed by atoms with Crippen LogP contribution in [0.5, 0.6) is 5.75 Å². The lowest BCUT2D eigenvalue weighted by Crippen LogP contribution is -2.07. The summed E-state index contributed by atoms with van der Waals surface area (Å²) in [7, 11) is 1.56. The second-order valence-electron chi connectivity index (χ2n) is 4.25. The maximum atomic E-state index is 12.6. The van der Waals surface area contributed by atoms with E-state index in [1.807, 2.05) is 25.1 Å². The molecular weight excluding hydrogens is 353 g/mol. The van der Waals surface area contributed by atoms with Gasteiger partial charge in [-0.3, -0.25) is 4.79 Å². The lowest BCUT2D eigenvalue weighted by molar-refractivity contribution is 0.103. The molecule has 0 saturated carbocycles. The Bertz CT molecular complexity index is 638. The third kappa shape index (κ3) is 2.89. The summed E-state index contributed by atoms with van der Waals surface area (Å²) in [5.74, 6) is 0.507. The first-order valence-electron chi connectivity index (χ1n) is 5.77. The van der Waals surface area contributed by atoms with Gasteiger partial charge in [0, 0.05) is 14.8 Å². The molecule has 3 nitrogen and oxygen atoms in total. The largest absolute Gasteiger partial charge is 0.496 e. The molecule has 98 valence electrons. The van der Waals surface area contributed by atoms with Gasteiger partial charge >= 0.3 is 0 Å². The topological polar surface area (TPSA) is 52.3 Å². The third-order valence-corrected chi connectivity index (χ3v) is 3.58. The van der Waals surface area contributed by atoms with Crippen LogP contribution in [0.2, 0.25) is 0 Å². The molecule has 0 aromatic heterocycles. The molecule has 0 amide bonds. The predicted octanol–water partition coefficient (Wildman–Crippen LogP) is 3.42. The van der Waals surface area contributed by atoms with E-state index < -0.39 is 0 Å². The standard InChI is InChI=1S/C15H14INO2/c1-9-3-5-11(17)8-12(9)15(18)13-7-10(16)4-6-14(13)19-2/h3-8H,17H2,1-2H3. The second kappa shape index (κ2) is 5.61. The minimum atomic E-state index is -0.0693. The van der Waals surface area contributed by atoms with Crippen LogP contribution in [0, 0.1) is 10.5 Å². The fourth-order valence-electron chi connectivity index (χ4n) is 1.89. The number of hydrogen-bond acceptors (Lipinski definition) is 3. The van der Waals surface area contributed by atoms with Crippen molar-refractivity contribution >= 4 is 34.1 Å². The number of carbonyl (C=O) groups excluding carboxylic acids is 1. The van der Waals surface area contributed by atoms with Crippen molar-refractivity contribution in [3.63, 3.8) is 0 Å². The Balaban J connectivity index is 2.55. The van der Waals surface area contributed by atoms with Crippen LogP contribution in [0.25, 0.3) is 0 Å². The van der Waals surface area contributed by atoms with Gasteiger partial charge in [0.05, 0.1) is 12.7 Å². The first-order valence-corrected chi connectivity index (χ1v) is 6.85. The Morgan fingerprint density at radius 1 is 1.16 bits per heavy atom. The van der Waals surface area contributed by atoms with Crippen LogP contribution in [0.3, 0.4) is 0 Å². The summed E-state index contributed by atoms with van der Waals surface area (Å²) < 4.78 is 6.25. The van der Waals surface area contributed by atoms with Gasteiger partial charge in [0.1, 0.15) is 5.75 Å². The Morgan fingerprint density at radius 3 is 2.58 bits per heavy atom. The number of anilines is 1. The molecule has 0 fully saturated rings. The van der Waals surface area contributed by atoms with E-state index in [1.165, 1.54) is 0 Å². The van der Waals surface area contributed by atoms with E-state index in [0.717, 1.165) is 9.13 Å². The second-order valence-corrected chi connectivity index (χ2v) is 5.49. The zero-order valence-electron chi connectivity index (χ0n) is 10.7. The van der Waals surface area contributed by atoms with E-state index in [1.54, 1.807) is 25.3 Å². The van der Waals surface area contributed by atoms with Crippen LogP contribution in [-0.2, 0) is 0 Å². The van der Waals surface area contributed by atoms with Gasteiger partial charge in [-0.1, -0.05) is 6.07 Å². The SMILES string of the molecule is COc1ccc(I)cc1C(=O)c1cc(N)ccc1C. The summed E-state index contributed by atoms with van der Waals surface area (Å²) in [4.78, 5) is 12.6. The van der Waals surface area contributed by atoms with Crippen LogP contribution in [0.15, 0.2) is 36.4 Å². The summed E-state index contributed by atoms with van der Waals surface area (Å²) in [6.07, 6.45) is 0. The van der Waals surface area contributed by atoms with Gasteiger partial charge in [-0.25, -0.2) is 0 Å². The summed E-state index contributed by atoms with van der Waals surface area (Å²) in [6, 6.07) is 10.9. The van der Waals surface area contributed by atoms with E-state index in [2.05, 4.69) is 22.6 Å². The zero-order valence-corrected chi connectivity index (χ0v) is 12.9. The Kier molecular flexibility index (Phi) is 4.09. The number of methoxy groups -OCH3 is 1. The van der Waals surface area contributed by atoms with Crippen LogP contribution in [0.1, 0.15) is 21.5 Å². The first-order chi connectivity index (χ1) is 9.02. The zero-order chi connectivity index (χ0) is 14.0. The van der Waals surface area contributed by atoms with Crippen LogP contribution in [-0.4, -0.2) is 12.9 Å². The van der Waals surface area contributed by atoms with Crippen molar-refractivity contribution in [2.45, 2.75) is 6.92 Å². The highest BCUT2D eigenvalue weighted by Gasteiger charge is 2.17. The third-order valence-electron chi connectivity index (χ3n) is 2.91. The number of benzene rings is 2. The highest BCUT2D eigenvalue weighted by Crippen LogP contribution is 2.25. The van der Waals surface area contributed by atoms with E-state index in [-0.39, 0.29) is 5.78 Å². The molecule has 2 aromatic carbocycles. The number of hydrogen-bond donors (Lipinski definition) is 1. The predicted molar refractivity (Wildman–Crippen MR) is 84.7 cm³/mol. The van der Waals surface area contributed by atoms with Crippen molar-refractivity contribution < 1.29 is 9.53 Å². The molecular formula is C15H14INO2. The van der Waals surface area contributed by atoms with Crippen LogP contribution < -0.4 is 10.5 Å². The molecule has 0 aliphatic carbocycles. The van der Waals surface area contributed by atoms with Gasteiger partial charge in [0.15, 0.2) is 5.78 Å². The first kappa shape index (κ1) is 13.9. The number of rotatable bonds is 3. The lowest BCUT2D eigenvalue weighted by Gasteiger charge is -2.10. The van der Waals surface area contributed by atoms with Crippen molar-refractivity contribution in [2.75, 3.05) is 12.8 Å². The van der Waals surface area contributed by atoms with Gasteiger partial charge in [-0.05, 0) is 65.4 Å². The number of halogens is 1. The van der Waals surface area contributed by atoms with E-state index in [9.17, 15) is 4.79 Å². The van der Waals surface area contributed by atoms with Crippen molar-refractivity contribution in [3.8, 4) is 5.75 Å². The molecule has 19 heavy (non-hydrogen) atoms. The van der Waals surface area contributed by atoms with Crippen molar-refractivity contribution in [1.29, 1.82) is 0 Å². The number of aryl methyl sites for hydroxylation is 1. The monoisotopic (exact) mass is 367 g/mol. The van der Waals surface area contributed by atoms with E-state index in [0.29, 0.717) is 22.6 Å². The number of ketones is 1. The summed E-state index contributed by atoms with van der Waals surface area (Å²) >= 11 is 2.17. The molecule has 0 saturated heterocycles. The molecule has 0 atom stereocenters. The van der Waals surface area contributed by atoms with Crippen LogP contribution in [0.4, 0.5) is 5.69 Å². The average Bonchev–Trinajstić information content (AvgIpc) is 2.40. The quantitative estimate of drug-likeness (QED) is 0.514. The summed E-state index contributed by atoms with van der Waals surface area (Å²) in [6.45, 7) is 1.90. The molecule has 0 aliphatic heterocycles. The van der Waals surface area contributed by atoms with Gasteiger partial charge < -0.3 is 10.5 Å². The van der Waals surface area contributed by atoms with Gasteiger partial charge in [-0.2, -0.15) is 0 Å². The van der Waals surface area contributed by atoms with Gasteiger partial charge in [0.25, 0.3) is 0 Å². The Morgan fingerprint density at radius 2 is 1.89 bits per heavy atom. The van der Waals surface area contributed by atoms with Gasteiger partial charge in [0.2, 0.25) is 0 Å². The normalized spacial score (nSPS) is 10.3.